The molecule has 2 rings (SSSR count). The van der Waals surface area contributed by atoms with Gasteiger partial charge in [-0.1, -0.05) is 6.42 Å². The molecular weight excluding hydrogens is 454 g/mol. The maximum absolute atomic E-state index is 12.9. The first-order valence-electron chi connectivity index (χ1n) is 10.8. The maximum atomic E-state index is 12.9. The molecule has 11 heteroatoms. The van der Waals surface area contributed by atoms with Gasteiger partial charge in [-0.3, -0.25) is 4.79 Å². The highest BCUT2D eigenvalue weighted by Crippen LogP contribution is 2.30. The molecule has 2 aliphatic rings. The Morgan fingerprint density at radius 3 is 2.55 bits per heavy atom. The van der Waals surface area contributed by atoms with E-state index in [1.165, 1.54) is 11.8 Å². The minimum Gasteiger partial charge on any atom is -0.388 e. The Hall–Kier alpha value is -0.230. The molecule has 2 fully saturated rings. The number of alkyl halides is 3. The molecular formula is C20H35ClF2N2O5S. The van der Waals surface area contributed by atoms with Crippen LogP contribution in [0.3, 0.4) is 0 Å². The molecule has 0 spiro atoms. The molecule has 2 aliphatic heterocycles. The summed E-state index contributed by atoms with van der Waals surface area (Å²) in [6.07, 6.45) is -2.38. The van der Waals surface area contributed by atoms with Gasteiger partial charge >= 0.3 is 0 Å². The van der Waals surface area contributed by atoms with Crippen molar-refractivity contribution in [1.29, 1.82) is 0 Å². The number of halogens is 3. The average molecular weight is 489 g/mol. The van der Waals surface area contributed by atoms with Gasteiger partial charge in [-0.05, 0) is 51.3 Å². The Balaban J connectivity index is 1.96. The summed E-state index contributed by atoms with van der Waals surface area (Å²) in [5.41, 5.74) is -0.761. The fourth-order valence-electron chi connectivity index (χ4n) is 4.27. The third-order valence-electron chi connectivity index (χ3n) is 6.15. The summed E-state index contributed by atoms with van der Waals surface area (Å²) in [6, 6.07) is -1.25. The van der Waals surface area contributed by atoms with Crippen LogP contribution in [0.25, 0.3) is 0 Å². The van der Waals surface area contributed by atoms with Gasteiger partial charge < -0.3 is 30.7 Å². The molecule has 2 heterocycles. The average Bonchev–Trinajstić information content (AvgIpc) is 2.96. The first-order chi connectivity index (χ1) is 14.6. The maximum Gasteiger partial charge on any atom is 0.238 e. The Kier molecular flexibility index (Phi) is 11.2. The summed E-state index contributed by atoms with van der Waals surface area (Å²) in [6.45, 7) is 2.27. The summed E-state index contributed by atoms with van der Waals surface area (Å²) in [5, 5.41) is 36.1. The second kappa shape index (κ2) is 12.9. The third-order valence-corrected chi connectivity index (χ3v) is 7.28. The van der Waals surface area contributed by atoms with Crippen molar-refractivity contribution in [2.75, 3.05) is 12.8 Å². The van der Waals surface area contributed by atoms with E-state index in [1.807, 2.05) is 0 Å². The lowest BCUT2D eigenvalue weighted by atomic mass is 9.92. The van der Waals surface area contributed by atoms with E-state index in [9.17, 15) is 28.9 Å². The van der Waals surface area contributed by atoms with Crippen LogP contribution in [0.15, 0.2) is 0 Å². The molecule has 1 amide bonds. The lowest BCUT2D eigenvalue weighted by Gasteiger charge is -2.44. The van der Waals surface area contributed by atoms with E-state index < -0.39 is 53.7 Å². The van der Waals surface area contributed by atoms with Crippen molar-refractivity contribution >= 4 is 29.3 Å². The molecule has 0 radical (unpaired) electrons. The summed E-state index contributed by atoms with van der Waals surface area (Å²) in [4.78, 5) is 12.9. The number of carbonyl (C=O) groups is 1. The van der Waals surface area contributed by atoms with E-state index in [0.29, 0.717) is 25.3 Å². The number of thioether (sulfide) groups is 1. The molecule has 0 aromatic carbocycles. The number of aliphatic hydroxyl groups excluding tert-OH is 3. The van der Waals surface area contributed by atoms with Crippen molar-refractivity contribution in [3.05, 3.63) is 0 Å². The quantitative estimate of drug-likeness (QED) is 0.312. The molecule has 5 N–H and O–H groups in total. The van der Waals surface area contributed by atoms with Gasteiger partial charge in [0.1, 0.15) is 29.9 Å². The van der Waals surface area contributed by atoms with Crippen molar-refractivity contribution in [2.24, 2.45) is 5.92 Å². The van der Waals surface area contributed by atoms with E-state index in [1.54, 1.807) is 13.2 Å². The lowest BCUT2D eigenvalue weighted by Crippen LogP contribution is -2.65. The Morgan fingerprint density at radius 2 is 1.94 bits per heavy atom. The Labute approximate surface area is 191 Å². The number of hydrogen-bond acceptors (Lipinski definition) is 7. The number of nitrogens with one attached hydrogen (secondary N) is 2. The number of carbonyl (C=O) groups excluding carboxylic acids is 1. The number of amides is 1. The molecule has 0 bridgehead atoms. The molecule has 31 heavy (non-hydrogen) atoms. The molecule has 0 aromatic heterocycles. The molecule has 0 aromatic rings. The third kappa shape index (κ3) is 7.65. The SMILES string of the molecule is CSC1OC(C(NC(=O)C2CCC(CCCC(F)F)CCN2)C(C)Cl)C(O)C(O)C1O. The van der Waals surface area contributed by atoms with E-state index in [2.05, 4.69) is 10.6 Å². The van der Waals surface area contributed by atoms with E-state index in [-0.39, 0.29) is 12.3 Å². The van der Waals surface area contributed by atoms with Crippen LogP contribution < -0.4 is 10.6 Å². The highest BCUT2D eigenvalue weighted by molar-refractivity contribution is 7.99. The minimum atomic E-state index is -2.28. The molecule has 0 aliphatic carbocycles. The van der Waals surface area contributed by atoms with Gasteiger partial charge in [-0.25, -0.2) is 8.78 Å². The van der Waals surface area contributed by atoms with Gasteiger partial charge in [0.15, 0.2) is 0 Å². The Morgan fingerprint density at radius 1 is 1.23 bits per heavy atom. The van der Waals surface area contributed by atoms with Gasteiger partial charge in [-0.15, -0.1) is 23.4 Å². The molecule has 182 valence electrons. The molecule has 0 saturated carbocycles. The highest BCUT2D eigenvalue weighted by atomic mass is 35.5. The second-order valence-electron chi connectivity index (χ2n) is 8.45. The van der Waals surface area contributed by atoms with Crippen LogP contribution in [-0.4, -0.2) is 87.8 Å². The number of rotatable bonds is 9. The van der Waals surface area contributed by atoms with Crippen LogP contribution in [0.1, 0.15) is 45.4 Å². The van der Waals surface area contributed by atoms with Crippen LogP contribution in [0, 0.1) is 5.92 Å². The first kappa shape index (κ1) is 27.0. The number of ether oxygens (including phenoxy) is 1. The van der Waals surface area contributed by atoms with Crippen LogP contribution in [0.2, 0.25) is 0 Å². The summed E-state index contributed by atoms with van der Waals surface area (Å²) >= 11 is 7.49. The second-order valence-corrected chi connectivity index (χ2v) is 10.1. The van der Waals surface area contributed by atoms with Crippen molar-refractivity contribution < 1.29 is 33.6 Å². The predicted molar refractivity (Wildman–Crippen MR) is 116 cm³/mol. The topological polar surface area (TPSA) is 111 Å². The number of aliphatic hydroxyl groups is 3. The zero-order valence-corrected chi connectivity index (χ0v) is 19.5. The van der Waals surface area contributed by atoms with Crippen molar-refractivity contribution in [3.8, 4) is 0 Å². The van der Waals surface area contributed by atoms with E-state index in [4.69, 9.17) is 16.3 Å². The fourth-order valence-corrected chi connectivity index (χ4v) is 5.16. The van der Waals surface area contributed by atoms with E-state index >= 15 is 0 Å². The van der Waals surface area contributed by atoms with Crippen molar-refractivity contribution in [3.63, 3.8) is 0 Å². The fraction of sp³-hybridized carbons (Fsp3) is 0.950. The molecule has 9 unspecified atom stereocenters. The van der Waals surface area contributed by atoms with Crippen LogP contribution in [0.5, 0.6) is 0 Å². The first-order valence-corrected chi connectivity index (χ1v) is 12.6. The summed E-state index contributed by atoms with van der Waals surface area (Å²) in [7, 11) is 0. The van der Waals surface area contributed by atoms with Crippen LogP contribution in [-0.2, 0) is 9.53 Å². The van der Waals surface area contributed by atoms with Crippen LogP contribution >= 0.6 is 23.4 Å². The van der Waals surface area contributed by atoms with E-state index in [0.717, 1.165) is 19.3 Å². The summed E-state index contributed by atoms with van der Waals surface area (Å²) < 4.78 is 30.5. The van der Waals surface area contributed by atoms with Gasteiger partial charge in [-0.2, -0.15) is 0 Å². The minimum absolute atomic E-state index is 0.0928. The summed E-state index contributed by atoms with van der Waals surface area (Å²) in [5.74, 6) is 0.0112. The Bertz CT molecular complexity index is 564. The van der Waals surface area contributed by atoms with Gasteiger partial charge in [0, 0.05) is 6.42 Å². The monoisotopic (exact) mass is 488 g/mol. The van der Waals surface area contributed by atoms with Crippen molar-refractivity contribution in [2.45, 2.75) is 99.2 Å². The zero-order valence-electron chi connectivity index (χ0n) is 17.9. The van der Waals surface area contributed by atoms with Gasteiger partial charge in [0.25, 0.3) is 0 Å². The van der Waals surface area contributed by atoms with Crippen molar-refractivity contribution in [1.82, 2.24) is 10.6 Å². The highest BCUT2D eigenvalue weighted by Gasteiger charge is 2.48. The molecule has 7 nitrogen and oxygen atoms in total. The lowest BCUT2D eigenvalue weighted by molar-refractivity contribution is -0.205. The van der Waals surface area contributed by atoms with Crippen LogP contribution in [0.4, 0.5) is 8.78 Å². The predicted octanol–water partition coefficient (Wildman–Crippen LogP) is 1.46. The molecule has 2 saturated heterocycles. The largest absolute Gasteiger partial charge is 0.388 e. The molecule has 9 atom stereocenters. The normalized spacial score (nSPS) is 36.6. The zero-order chi connectivity index (χ0) is 23.1. The smallest absolute Gasteiger partial charge is 0.238 e. The van der Waals surface area contributed by atoms with Gasteiger partial charge in [0.05, 0.1) is 17.5 Å². The standard InChI is InChI=1S/C20H35ClF2N2O5S/c1-10(21)14(18-16(27)15(26)17(28)20(30-18)31-2)25-19(29)12-7-6-11(8-9-24-12)4-3-5-13(22)23/h10-18,20,24,26-28H,3-9H2,1-2H3,(H,25,29). The number of hydrogen-bond donors (Lipinski definition) is 5. The van der Waals surface area contributed by atoms with Gasteiger partial charge in [0.2, 0.25) is 12.3 Å².